The number of benzene rings is 1. The van der Waals surface area contributed by atoms with E-state index in [0.29, 0.717) is 11.3 Å². The first-order valence-electron chi connectivity index (χ1n) is 7.04. The molecule has 2 N–H and O–H groups in total. The number of rotatable bonds is 6. The Labute approximate surface area is 133 Å². The molecule has 1 unspecified atom stereocenters. The van der Waals surface area contributed by atoms with Crippen molar-refractivity contribution in [2.45, 2.75) is 19.4 Å². The lowest BCUT2D eigenvalue weighted by Crippen LogP contribution is -2.55. The van der Waals surface area contributed by atoms with E-state index in [0.717, 1.165) is 5.69 Å². The molecule has 0 aliphatic heterocycles. The van der Waals surface area contributed by atoms with Crippen molar-refractivity contribution in [3.63, 3.8) is 0 Å². The van der Waals surface area contributed by atoms with Crippen LogP contribution in [0.3, 0.4) is 0 Å². The fraction of sp³-hybridized carbons (Fsp3) is 0.312. The molecule has 122 valence electrons. The molecule has 1 atom stereocenters. The number of amides is 1. The third-order valence-corrected chi connectivity index (χ3v) is 3.55. The van der Waals surface area contributed by atoms with Crippen LogP contribution < -0.4 is 5.32 Å². The van der Waals surface area contributed by atoms with Gasteiger partial charge < -0.3 is 15.2 Å². The van der Waals surface area contributed by atoms with Crippen LogP contribution in [0.15, 0.2) is 36.5 Å². The molecule has 2 aromatic rings. The van der Waals surface area contributed by atoms with Gasteiger partial charge in [0.25, 0.3) is 5.91 Å². The second-order valence-electron chi connectivity index (χ2n) is 5.42. The number of aliphatic carboxylic acids is 1. The molecule has 1 heterocycles. The van der Waals surface area contributed by atoms with Crippen molar-refractivity contribution in [2.24, 2.45) is 0 Å². The minimum absolute atomic E-state index is 0.139. The zero-order valence-corrected chi connectivity index (χ0v) is 13.2. The molecule has 1 aromatic heterocycles. The summed E-state index contributed by atoms with van der Waals surface area (Å²) in [6, 6.07) is 9.37. The van der Waals surface area contributed by atoms with E-state index in [4.69, 9.17) is 4.74 Å². The highest BCUT2D eigenvalue weighted by molar-refractivity contribution is 5.98. The summed E-state index contributed by atoms with van der Waals surface area (Å²) in [6.07, 6.45) is 1.42. The lowest BCUT2D eigenvalue weighted by atomic mass is 10.0. The summed E-state index contributed by atoms with van der Waals surface area (Å²) in [4.78, 5) is 23.8. The molecule has 7 heteroatoms. The number of nitrogens with one attached hydrogen (secondary N) is 1. The Balaban J connectivity index is 2.28. The Morgan fingerprint density at radius 1 is 1.35 bits per heavy atom. The van der Waals surface area contributed by atoms with E-state index in [9.17, 15) is 14.7 Å². The van der Waals surface area contributed by atoms with Gasteiger partial charge in [0.2, 0.25) is 0 Å². The van der Waals surface area contributed by atoms with Crippen LogP contribution in [0.1, 0.15) is 23.0 Å². The number of para-hydroxylation sites is 1. The fourth-order valence-electron chi connectivity index (χ4n) is 2.22. The molecule has 0 bridgehead atoms. The monoisotopic (exact) mass is 317 g/mol. The SMILES string of the molecule is COCC(C)(NC(=O)c1cnn(-c2ccccc2)c1C)C(=O)O. The van der Waals surface area contributed by atoms with Crippen molar-refractivity contribution in [1.82, 2.24) is 15.1 Å². The summed E-state index contributed by atoms with van der Waals surface area (Å²) in [6.45, 7) is 3.01. The van der Waals surface area contributed by atoms with Crippen molar-refractivity contribution >= 4 is 11.9 Å². The number of carboxylic acids is 1. The van der Waals surface area contributed by atoms with Crippen LogP contribution in [-0.4, -0.2) is 46.0 Å². The number of ether oxygens (including phenoxy) is 1. The maximum absolute atomic E-state index is 12.4. The first-order valence-corrected chi connectivity index (χ1v) is 7.04. The molecule has 0 aliphatic rings. The van der Waals surface area contributed by atoms with Gasteiger partial charge in [-0.05, 0) is 26.0 Å². The van der Waals surface area contributed by atoms with Crippen LogP contribution >= 0.6 is 0 Å². The van der Waals surface area contributed by atoms with E-state index in [1.807, 2.05) is 30.3 Å². The second kappa shape index (κ2) is 6.62. The number of hydrogen-bond donors (Lipinski definition) is 2. The highest BCUT2D eigenvalue weighted by Crippen LogP contribution is 2.15. The Kier molecular flexibility index (Phi) is 4.80. The third-order valence-electron chi connectivity index (χ3n) is 3.55. The lowest BCUT2D eigenvalue weighted by Gasteiger charge is -2.25. The number of hydrogen-bond acceptors (Lipinski definition) is 4. The number of carboxylic acid groups (broad SMARTS) is 1. The van der Waals surface area contributed by atoms with Gasteiger partial charge in [-0.25, -0.2) is 9.48 Å². The van der Waals surface area contributed by atoms with Crippen molar-refractivity contribution < 1.29 is 19.4 Å². The van der Waals surface area contributed by atoms with E-state index >= 15 is 0 Å². The van der Waals surface area contributed by atoms with E-state index < -0.39 is 17.4 Å². The standard InChI is InChI=1S/C16H19N3O4/c1-11-13(9-17-19(11)12-7-5-4-6-8-12)14(20)18-16(2,10-23-3)15(21)22/h4-9H,10H2,1-3H3,(H,18,20)(H,21,22). The average molecular weight is 317 g/mol. The highest BCUT2D eigenvalue weighted by Gasteiger charge is 2.36. The number of nitrogens with zero attached hydrogens (tertiary/aromatic N) is 2. The normalized spacial score (nSPS) is 13.3. The summed E-state index contributed by atoms with van der Waals surface area (Å²) >= 11 is 0. The molecule has 0 fully saturated rings. The number of methoxy groups -OCH3 is 1. The molecule has 0 radical (unpaired) electrons. The first kappa shape index (κ1) is 16.7. The Hall–Kier alpha value is -2.67. The largest absolute Gasteiger partial charge is 0.479 e. The van der Waals surface area contributed by atoms with Crippen LogP contribution in [0.4, 0.5) is 0 Å². The molecule has 7 nitrogen and oxygen atoms in total. The van der Waals surface area contributed by atoms with E-state index in [1.165, 1.54) is 20.2 Å². The summed E-state index contributed by atoms with van der Waals surface area (Å²) < 4.78 is 6.52. The number of carbonyl (C=O) groups is 2. The van der Waals surface area contributed by atoms with Gasteiger partial charge in [-0.3, -0.25) is 4.79 Å². The van der Waals surface area contributed by atoms with Gasteiger partial charge in [0.15, 0.2) is 5.54 Å². The van der Waals surface area contributed by atoms with Gasteiger partial charge >= 0.3 is 5.97 Å². The van der Waals surface area contributed by atoms with E-state index in [1.54, 1.807) is 11.6 Å². The molecule has 0 spiro atoms. The third kappa shape index (κ3) is 3.40. The molecule has 1 aromatic carbocycles. The Bertz CT molecular complexity index is 711. The minimum Gasteiger partial charge on any atom is -0.479 e. The Morgan fingerprint density at radius 2 is 2.00 bits per heavy atom. The molecule has 1 amide bonds. The van der Waals surface area contributed by atoms with E-state index in [-0.39, 0.29) is 6.61 Å². The van der Waals surface area contributed by atoms with Gasteiger partial charge in [0.1, 0.15) is 0 Å². The zero-order valence-electron chi connectivity index (χ0n) is 13.2. The van der Waals surface area contributed by atoms with Gasteiger partial charge in [0.05, 0.1) is 29.7 Å². The van der Waals surface area contributed by atoms with Crippen LogP contribution in [0.25, 0.3) is 5.69 Å². The van der Waals surface area contributed by atoms with Crippen LogP contribution in [0.2, 0.25) is 0 Å². The molecular weight excluding hydrogens is 298 g/mol. The van der Waals surface area contributed by atoms with Crippen molar-refractivity contribution in [2.75, 3.05) is 13.7 Å². The van der Waals surface area contributed by atoms with Gasteiger partial charge in [-0.1, -0.05) is 18.2 Å². The maximum atomic E-state index is 12.4. The smallest absolute Gasteiger partial charge is 0.331 e. The van der Waals surface area contributed by atoms with Gasteiger partial charge in [0, 0.05) is 7.11 Å². The summed E-state index contributed by atoms with van der Waals surface area (Å²) in [5.41, 5.74) is 0.255. The second-order valence-corrected chi connectivity index (χ2v) is 5.42. The maximum Gasteiger partial charge on any atom is 0.331 e. The number of carbonyl (C=O) groups excluding carboxylic acids is 1. The van der Waals surface area contributed by atoms with Gasteiger partial charge in [-0.2, -0.15) is 5.10 Å². The van der Waals surface area contributed by atoms with Crippen LogP contribution in [-0.2, 0) is 9.53 Å². The molecule has 2 rings (SSSR count). The minimum atomic E-state index is -1.51. The Morgan fingerprint density at radius 3 is 2.57 bits per heavy atom. The van der Waals surface area contributed by atoms with Crippen LogP contribution in [0, 0.1) is 6.92 Å². The fourth-order valence-corrected chi connectivity index (χ4v) is 2.22. The summed E-state index contributed by atoms with van der Waals surface area (Å²) in [5.74, 6) is -1.67. The molecular formula is C16H19N3O4. The van der Waals surface area contributed by atoms with Crippen LogP contribution in [0.5, 0.6) is 0 Å². The first-order chi connectivity index (χ1) is 10.9. The average Bonchev–Trinajstić information content (AvgIpc) is 2.90. The molecule has 0 saturated heterocycles. The molecule has 0 aliphatic carbocycles. The van der Waals surface area contributed by atoms with E-state index in [2.05, 4.69) is 10.4 Å². The summed E-state index contributed by atoms with van der Waals surface area (Å²) in [5, 5.41) is 16.0. The number of aromatic nitrogens is 2. The van der Waals surface area contributed by atoms with Crippen molar-refractivity contribution in [1.29, 1.82) is 0 Å². The molecule has 23 heavy (non-hydrogen) atoms. The van der Waals surface area contributed by atoms with Gasteiger partial charge in [-0.15, -0.1) is 0 Å². The lowest BCUT2D eigenvalue weighted by molar-refractivity contribution is -0.145. The zero-order chi connectivity index (χ0) is 17.0. The topological polar surface area (TPSA) is 93.5 Å². The summed E-state index contributed by atoms with van der Waals surface area (Å²) in [7, 11) is 1.38. The predicted octanol–water partition coefficient (Wildman–Crippen LogP) is 1.40. The van der Waals surface area contributed by atoms with Crippen molar-refractivity contribution in [3.05, 3.63) is 47.8 Å². The van der Waals surface area contributed by atoms with Crippen molar-refractivity contribution in [3.8, 4) is 5.69 Å². The predicted molar refractivity (Wildman–Crippen MR) is 83.7 cm³/mol. The highest BCUT2D eigenvalue weighted by atomic mass is 16.5. The molecule has 0 saturated carbocycles. The quantitative estimate of drug-likeness (QED) is 0.840.